The fourth-order valence-corrected chi connectivity index (χ4v) is 3.40. The second-order valence-corrected chi connectivity index (χ2v) is 7.25. The number of para-hydroxylation sites is 1. The van der Waals surface area contributed by atoms with Gasteiger partial charge in [0.25, 0.3) is 0 Å². The summed E-state index contributed by atoms with van der Waals surface area (Å²) in [4.78, 5) is 3.58. The third-order valence-corrected chi connectivity index (χ3v) is 4.91. The average molecular weight is 473 g/mol. The first-order chi connectivity index (χ1) is 16.3. The Balaban J connectivity index is 0.000000588. The molecule has 1 N–H and O–H groups in total. The van der Waals surface area contributed by atoms with Crippen LogP contribution < -0.4 is 19.8 Å². The minimum Gasteiger partial charge on any atom is -0.493 e. The van der Waals surface area contributed by atoms with E-state index in [1.54, 1.807) is 14.2 Å². The van der Waals surface area contributed by atoms with Crippen LogP contribution in [0.15, 0.2) is 83.3 Å². The largest absolute Gasteiger partial charge is 0.673 e. The molecule has 178 valence electrons. The summed E-state index contributed by atoms with van der Waals surface area (Å²) in [6.07, 6.45) is 0.862. The Morgan fingerprint density at radius 3 is 2.12 bits per heavy atom. The number of hydrogen-bond donors (Lipinski definition) is 1. The lowest BCUT2D eigenvalue weighted by molar-refractivity contribution is -0.498. The summed E-state index contributed by atoms with van der Waals surface area (Å²) in [5, 5.41) is 2.13. The molecule has 0 spiro atoms. The van der Waals surface area contributed by atoms with Crippen LogP contribution in [0, 0.1) is 0 Å². The number of nitrogens with one attached hydrogen (secondary N) is 1. The fraction of sp³-hybridized carbons (Fsp3) is 0.160. The highest BCUT2D eigenvalue weighted by Gasteiger charge is 2.20. The van der Waals surface area contributed by atoms with Crippen molar-refractivity contribution in [3.63, 3.8) is 0 Å². The van der Waals surface area contributed by atoms with Crippen LogP contribution in [-0.2, 0) is 6.42 Å². The summed E-state index contributed by atoms with van der Waals surface area (Å²) in [5.41, 5.74) is 3.10. The summed E-state index contributed by atoms with van der Waals surface area (Å²) in [7, 11) is -2.69. The number of hydrogen-bond acceptors (Lipinski definition) is 3. The molecule has 0 saturated carbocycles. The van der Waals surface area contributed by atoms with Crippen LogP contribution in [0.4, 0.5) is 17.3 Å². The first-order valence-electron chi connectivity index (χ1n) is 10.5. The van der Waals surface area contributed by atoms with Gasteiger partial charge in [-0.2, -0.15) is 0 Å². The summed E-state index contributed by atoms with van der Waals surface area (Å²) < 4.78 is 55.9. The molecule has 0 amide bonds. The highest BCUT2D eigenvalue weighted by Crippen LogP contribution is 2.27. The van der Waals surface area contributed by atoms with Crippen LogP contribution in [0.1, 0.15) is 5.56 Å². The predicted octanol–water partition coefficient (Wildman–Crippen LogP) is 4.64. The van der Waals surface area contributed by atoms with Crippen molar-refractivity contribution < 1.29 is 36.1 Å². The van der Waals surface area contributed by atoms with Gasteiger partial charge < -0.3 is 31.2 Å². The van der Waals surface area contributed by atoms with Gasteiger partial charge >= 0.3 is 7.25 Å². The lowest BCUT2D eigenvalue weighted by atomic mass is 10.1. The van der Waals surface area contributed by atoms with Crippen LogP contribution >= 0.6 is 0 Å². The number of rotatable bonds is 6. The molecule has 1 heterocycles. The van der Waals surface area contributed by atoms with Crippen LogP contribution in [0.2, 0.25) is 0 Å². The highest BCUT2D eigenvalue weighted by atomic mass is 19.5. The minimum atomic E-state index is -6.00. The molecule has 0 bridgehead atoms. The van der Waals surface area contributed by atoms with Crippen molar-refractivity contribution >= 4 is 18.2 Å². The lowest BCUT2D eigenvalue weighted by Gasteiger charge is -2.08. The Morgan fingerprint density at radius 2 is 1.44 bits per heavy atom. The van der Waals surface area contributed by atoms with E-state index in [-0.39, 0.29) is 0 Å². The van der Waals surface area contributed by atoms with E-state index in [9.17, 15) is 17.3 Å². The molecule has 9 heteroatoms. The molecule has 1 aromatic heterocycles. The number of halogens is 4. The van der Waals surface area contributed by atoms with Crippen molar-refractivity contribution in [3.05, 3.63) is 89.8 Å². The number of fused-ring (bicyclic) bond motifs is 1. The zero-order chi connectivity index (χ0) is 24.6. The molecule has 4 rings (SSSR count). The molecule has 4 nitrogen and oxygen atoms in total. The Morgan fingerprint density at radius 1 is 0.794 bits per heavy atom. The van der Waals surface area contributed by atoms with Gasteiger partial charge in [0, 0.05) is 12.0 Å². The fourth-order valence-electron chi connectivity index (χ4n) is 3.40. The summed E-state index contributed by atoms with van der Waals surface area (Å²) >= 11 is 0. The molecule has 0 unspecified atom stereocenters. The zero-order valence-corrected chi connectivity index (χ0v) is 18.7. The third-order valence-electron chi connectivity index (χ3n) is 4.91. The molecule has 0 aliphatic heterocycles. The molecule has 0 saturated heterocycles. The van der Waals surface area contributed by atoms with Crippen LogP contribution in [0.5, 0.6) is 11.5 Å². The molecule has 0 radical (unpaired) electrons. The zero-order valence-electron chi connectivity index (χ0n) is 18.7. The Bertz CT molecular complexity index is 1280. The molecule has 0 atom stereocenters. The van der Waals surface area contributed by atoms with Crippen molar-refractivity contribution in [2.75, 3.05) is 20.8 Å². The molecule has 0 aliphatic carbocycles. The second kappa shape index (κ2) is 11.4. The van der Waals surface area contributed by atoms with Crippen LogP contribution in [0.3, 0.4) is 0 Å². The summed E-state index contributed by atoms with van der Waals surface area (Å²) in [6.45, 7) is 0.789. The van der Waals surface area contributed by atoms with E-state index in [1.165, 1.54) is 5.56 Å². The quantitative estimate of drug-likeness (QED) is 0.328. The van der Waals surface area contributed by atoms with Crippen molar-refractivity contribution in [1.29, 1.82) is 0 Å². The molecular weight excluding hydrogens is 449 g/mol. The van der Waals surface area contributed by atoms with Gasteiger partial charge in [-0.05, 0) is 29.8 Å². The minimum absolute atomic E-state index is 0.743. The van der Waals surface area contributed by atoms with Gasteiger partial charge in [0.05, 0.1) is 25.7 Å². The Labute approximate surface area is 194 Å². The normalized spacial score (nSPS) is 11.6. The maximum absolute atomic E-state index is 9.75. The number of methoxy groups -OCH3 is 2. The van der Waals surface area contributed by atoms with Crippen molar-refractivity contribution in [1.82, 2.24) is 0 Å². The molecule has 4 aromatic rings. The molecule has 0 aliphatic rings. The van der Waals surface area contributed by atoms with Crippen LogP contribution in [0.25, 0.3) is 22.3 Å². The van der Waals surface area contributed by atoms with E-state index in [0.29, 0.717) is 0 Å². The highest BCUT2D eigenvalue weighted by molar-refractivity contribution is 6.50. The topological polar surface area (TPSA) is 45.6 Å². The standard InChI is InChI=1S/C25H23NO3.BF4/c1-27-23-13-12-18(16-25(23)28-2)14-15-26-21-17-24(19-8-4-3-5-9-19)29-22-11-7-6-10-20(21)22;2-1(3,4)5/h3-13,16-17H,14-15H2,1-2H3;/q;-1/p+1. The second-order valence-electron chi connectivity index (χ2n) is 7.25. The van der Waals surface area contributed by atoms with Gasteiger partial charge in [-0.3, -0.25) is 0 Å². The maximum atomic E-state index is 9.75. The number of ether oxygens (including phenoxy) is 2. The summed E-state index contributed by atoms with van der Waals surface area (Å²) in [5.74, 6) is 2.34. The van der Waals surface area contributed by atoms with Crippen molar-refractivity contribution in [2.45, 2.75) is 6.42 Å². The molecular formula is C25H24BF4NO3. The van der Waals surface area contributed by atoms with Gasteiger partial charge in [0.15, 0.2) is 11.5 Å². The lowest BCUT2D eigenvalue weighted by Crippen LogP contribution is -2.77. The first-order valence-corrected chi connectivity index (χ1v) is 10.5. The number of benzene rings is 3. The smallest absolute Gasteiger partial charge is 0.493 e. The maximum Gasteiger partial charge on any atom is 0.673 e. The van der Waals surface area contributed by atoms with E-state index >= 15 is 0 Å². The van der Waals surface area contributed by atoms with E-state index < -0.39 is 7.25 Å². The Kier molecular flexibility index (Phi) is 8.35. The van der Waals surface area contributed by atoms with Crippen molar-refractivity contribution in [3.8, 4) is 22.8 Å². The van der Waals surface area contributed by atoms with Gasteiger partial charge in [-0.15, -0.1) is 0 Å². The molecule has 34 heavy (non-hydrogen) atoms. The first kappa shape index (κ1) is 24.9. The molecule has 0 fully saturated rings. The van der Waals surface area contributed by atoms with Gasteiger partial charge in [-0.1, -0.05) is 48.5 Å². The van der Waals surface area contributed by atoms with E-state index in [0.717, 1.165) is 52.1 Å². The van der Waals surface area contributed by atoms with Gasteiger partial charge in [0.1, 0.15) is 17.9 Å². The van der Waals surface area contributed by atoms with E-state index in [1.807, 2.05) is 48.5 Å². The van der Waals surface area contributed by atoms with Crippen molar-refractivity contribution in [2.24, 2.45) is 0 Å². The molecule has 3 aromatic carbocycles. The van der Waals surface area contributed by atoms with Gasteiger partial charge in [0.2, 0.25) is 5.36 Å². The van der Waals surface area contributed by atoms with E-state index in [2.05, 4.69) is 35.3 Å². The SMILES string of the molecule is COc1ccc(CC[NH+]=c2cc(-c3ccccc3)oc3ccccc23)cc1OC.F[B-](F)(F)F. The third kappa shape index (κ3) is 7.13. The monoisotopic (exact) mass is 473 g/mol. The summed E-state index contributed by atoms with van der Waals surface area (Å²) in [6, 6.07) is 26.4. The average Bonchev–Trinajstić information content (AvgIpc) is 2.83. The predicted molar refractivity (Wildman–Crippen MR) is 124 cm³/mol. The van der Waals surface area contributed by atoms with E-state index in [4.69, 9.17) is 13.9 Å². The Hall–Kier alpha value is -3.75. The van der Waals surface area contributed by atoms with Gasteiger partial charge in [-0.25, -0.2) is 4.99 Å². The van der Waals surface area contributed by atoms with Crippen LogP contribution in [-0.4, -0.2) is 28.0 Å².